The van der Waals surface area contributed by atoms with Gasteiger partial charge in [0.05, 0.1) is 12.1 Å². The summed E-state index contributed by atoms with van der Waals surface area (Å²) in [5, 5.41) is 10.2. The molecule has 2 atom stereocenters. The third-order valence-electron chi connectivity index (χ3n) is 3.35. The average Bonchev–Trinajstić information content (AvgIpc) is 2.37. The summed E-state index contributed by atoms with van der Waals surface area (Å²) in [5.74, 6) is 0.919. The molecular weight excluding hydrogens is 302 g/mol. The average molecular weight is 314 g/mol. The molecule has 3 aliphatic heterocycles. The maximum absolute atomic E-state index is 10.5. The number of carboxylic acid groups (broad SMARTS) is 1. The van der Waals surface area contributed by atoms with Crippen molar-refractivity contribution >= 4 is 27.9 Å². The smallest absolute Gasteiger partial charge is 0.448 e. The molecule has 3 saturated heterocycles. The van der Waals surface area contributed by atoms with Gasteiger partial charge >= 0.3 is 6.16 Å². The molecule has 0 amide bonds. The SMILES string of the molecule is O=C(O)ON1C2CC1CN(c1ccc(Br)cn1)C2. The van der Waals surface area contributed by atoms with Crippen molar-refractivity contribution in [2.75, 3.05) is 18.0 Å². The van der Waals surface area contributed by atoms with Gasteiger partial charge in [-0.25, -0.2) is 9.78 Å². The van der Waals surface area contributed by atoms with Gasteiger partial charge in [-0.1, -0.05) is 0 Å². The largest absolute Gasteiger partial charge is 0.525 e. The molecule has 0 aromatic carbocycles. The predicted octanol–water partition coefficient (Wildman–Crippen LogP) is 1.72. The van der Waals surface area contributed by atoms with Crippen molar-refractivity contribution in [1.82, 2.24) is 10.0 Å². The van der Waals surface area contributed by atoms with Gasteiger partial charge in [-0.3, -0.25) is 0 Å². The fourth-order valence-electron chi connectivity index (χ4n) is 2.56. The molecule has 0 saturated carbocycles. The number of piperidine rings is 1. The van der Waals surface area contributed by atoms with Gasteiger partial charge in [0.2, 0.25) is 0 Å². The Hall–Kier alpha value is -1.34. The molecule has 3 fully saturated rings. The second-order valence-corrected chi connectivity index (χ2v) is 5.42. The van der Waals surface area contributed by atoms with Crippen LogP contribution in [0, 0.1) is 0 Å². The minimum atomic E-state index is -1.24. The second-order valence-electron chi connectivity index (χ2n) is 4.50. The van der Waals surface area contributed by atoms with Crippen LogP contribution in [0.2, 0.25) is 0 Å². The first-order valence-electron chi connectivity index (χ1n) is 5.69. The number of nitrogens with zero attached hydrogens (tertiary/aromatic N) is 3. The van der Waals surface area contributed by atoms with Crippen LogP contribution in [0.4, 0.5) is 10.6 Å². The summed E-state index contributed by atoms with van der Waals surface area (Å²) in [7, 11) is 0. The number of carbonyl (C=O) groups is 1. The maximum atomic E-state index is 10.5. The van der Waals surface area contributed by atoms with E-state index < -0.39 is 6.16 Å². The number of halogens is 1. The highest BCUT2D eigenvalue weighted by atomic mass is 79.9. The van der Waals surface area contributed by atoms with Gasteiger partial charge < -0.3 is 14.8 Å². The van der Waals surface area contributed by atoms with Crippen molar-refractivity contribution in [2.45, 2.75) is 18.5 Å². The lowest BCUT2D eigenvalue weighted by Crippen LogP contribution is -2.68. The first-order valence-corrected chi connectivity index (χ1v) is 6.48. The van der Waals surface area contributed by atoms with E-state index in [0.717, 1.165) is 29.8 Å². The Morgan fingerprint density at radius 3 is 2.72 bits per heavy atom. The standard InChI is InChI=1S/C11H12BrN3O3/c12-7-1-2-10(13-4-7)14-5-8-3-9(6-14)15(8)18-11(16)17/h1-2,4,8-9H,3,5-6H2,(H,16,17). The number of anilines is 1. The molecule has 0 radical (unpaired) electrons. The third-order valence-corrected chi connectivity index (χ3v) is 3.81. The number of piperazine rings is 1. The number of hydrogen-bond acceptors (Lipinski definition) is 5. The molecule has 3 aliphatic rings. The lowest BCUT2D eigenvalue weighted by molar-refractivity contribution is -0.236. The van der Waals surface area contributed by atoms with Gasteiger partial charge in [0.25, 0.3) is 0 Å². The second kappa shape index (κ2) is 4.40. The Balaban J connectivity index is 1.67. The van der Waals surface area contributed by atoms with Gasteiger partial charge in [0, 0.05) is 23.8 Å². The number of hydrogen-bond donors (Lipinski definition) is 1. The zero-order valence-corrected chi connectivity index (χ0v) is 11.1. The van der Waals surface area contributed by atoms with Crippen LogP contribution in [0.5, 0.6) is 0 Å². The summed E-state index contributed by atoms with van der Waals surface area (Å²) in [5.41, 5.74) is 0. The van der Waals surface area contributed by atoms with E-state index in [1.165, 1.54) is 0 Å². The van der Waals surface area contributed by atoms with E-state index in [1.54, 1.807) is 11.3 Å². The van der Waals surface area contributed by atoms with E-state index in [9.17, 15) is 4.79 Å². The van der Waals surface area contributed by atoms with Crippen LogP contribution >= 0.6 is 15.9 Å². The third kappa shape index (κ3) is 2.04. The Morgan fingerprint density at radius 1 is 1.44 bits per heavy atom. The summed E-state index contributed by atoms with van der Waals surface area (Å²) in [6, 6.07) is 4.20. The van der Waals surface area contributed by atoms with Crippen LogP contribution in [0.15, 0.2) is 22.8 Å². The van der Waals surface area contributed by atoms with E-state index in [1.807, 2.05) is 12.1 Å². The molecule has 4 heterocycles. The van der Waals surface area contributed by atoms with Crippen molar-refractivity contribution in [3.8, 4) is 0 Å². The zero-order valence-electron chi connectivity index (χ0n) is 9.49. The number of rotatable bonds is 2. The molecule has 96 valence electrons. The molecule has 0 aliphatic carbocycles. The van der Waals surface area contributed by atoms with Crippen molar-refractivity contribution in [3.05, 3.63) is 22.8 Å². The highest BCUT2D eigenvalue weighted by molar-refractivity contribution is 9.10. The Morgan fingerprint density at radius 2 is 2.17 bits per heavy atom. The van der Waals surface area contributed by atoms with E-state index in [2.05, 4.69) is 25.8 Å². The minimum absolute atomic E-state index is 0.144. The fourth-order valence-corrected chi connectivity index (χ4v) is 2.79. The van der Waals surface area contributed by atoms with Crippen LogP contribution in [0.1, 0.15) is 6.42 Å². The van der Waals surface area contributed by atoms with Crippen molar-refractivity contribution in [2.24, 2.45) is 0 Å². The molecule has 1 N–H and O–H groups in total. The highest BCUT2D eigenvalue weighted by Gasteiger charge is 2.47. The molecule has 1 aromatic rings. The number of aromatic nitrogens is 1. The lowest BCUT2D eigenvalue weighted by Gasteiger charge is -2.53. The number of fused-ring (bicyclic) bond motifs is 2. The van der Waals surface area contributed by atoms with E-state index in [0.29, 0.717) is 0 Å². The molecule has 2 bridgehead atoms. The van der Waals surface area contributed by atoms with Crippen molar-refractivity contribution in [3.63, 3.8) is 0 Å². The van der Waals surface area contributed by atoms with Gasteiger partial charge in [0.1, 0.15) is 5.82 Å². The van der Waals surface area contributed by atoms with Crippen molar-refractivity contribution in [1.29, 1.82) is 0 Å². The highest BCUT2D eigenvalue weighted by Crippen LogP contribution is 2.34. The van der Waals surface area contributed by atoms with Crippen LogP contribution in [0.3, 0.4) is 0 Å². The van der Waals surface area contributed by atoms with Crippen LogP contribution in [0.25, 0.3) is 0 Å². The molecule has 2 unspecified atom stereocenters. The van der Waals surface area contributed by atoms with Crippen molar-refractivity contribution < 1.29 is 14.7 Å². The molecule has 1 aromatic heterocycles. The Kier molecular flexibility index (Phi) is 2.87. The summed E-state index contributed by atoms with van der Waals surface area (Å²) >= 11 is 3.35. The van der Waals surface area contributed by atoms with Gasteiger partial charge in [-0.15, -0.1) is 5.06 Å². The molecule has 4 rings (SSSR count). The van der Waals surface area contributed by atoms with Gasteiger partial charge in [0.15, 0.2) is 0 Å². The van der Waals surface area contributed by atoms with Gasteiger partial charge in [-0.2, -0.15) is 0 Å². The molecule has 18 heavy (non-hydrogen) atoms. The predicted molar refractivity (Wildman–Crippen MR) is 67.3 cm³/mol. The summed E-state index contributed by atoms with van der Waals surface area (Å²) < 4.78 is 0.948. The molecular formula is C11H12BrN3O3. The number of hydroxylamine groups is 2. The lowest BCUT2D eigenvalue weighted by atomic mass is 9.90. The fraction of sp³-hybridized carbons (Fsp3) is 0.455. The first-order chi connectivity index (χ1) is 8.63. The van der Waals surface area contributed by atoms with E-state index >= 15 is 0 Å². The Bertz CT molecular complexity index is 455. The summed E-state index contributed by atoms with van der Waals surface area (Å²) in [6.45, 7) is 1.50. The minimum Gasteiger partial charge on any atom is -0.448 e. The molecule has 6 nitrogen and oxygen atoms in total. The maximum Gasteiger partial charge on any atom is 0.525 e. The Labute approximate surface area is 112 Å². The first kappa shape index (κ1) is 11.7. The van der Waals surface area contributed by atoms with Gasteiger partial charge in [-0.05, 0) is 34.5 Å². The van der Waals surface area contributed by atoms with Crippen LogP contribution in [-0.4, -0.2) is 46.5 Å². The molecule has 0 spiro atoms. The molecule has 7 heteroatoms. The topological polar surface area (TPSA) is 65.9 Å². The quantitative estimate of drug-likeness (QED) is 0.896. The van der Waals surface area contributed by atoms with E-state index in [4.69, 9.17) is 9.94 Å². The van der Waals surface area contributed by atoms with E-state index in [-0.39, 0.29) is 12.1 Å². The van der Waals surface area contributed by atoms with Crippen LogP contribution < -0.4 is 4.90 Å². The zero-order chi connectivity index (χ0) is 12.7. The monoisotopic (exact) mass is 313 g/mol. The number of pyridine rings is 1. The van der Waals surface area contributed by atoms with Crippen LogP contribution in [-0.2, 0) is 4.84 Å². The normalized spacial score (nSPS) is 26.6. The summed E-state index contributed by atoms with van der Waals surface area (Å²) in [6.07, 6.45) is 1.52. The summed E-state index contributed by atoms with van der Waals surface area (Å²) in [4.78, 5) is 21.8.